The van der Waals surface area contributed by atoms with Gasteiger partial charge in [-0.05, 0) is 43.7 Å². The molecule has 1 aromatic carbocycles. The van der Waals surface area contributed by atoms with Crippen molar-refractivity contribution in [2.24, 2.45) is 0 Å². The Hall–Kier alpha value is -3.55. The van der Waals surface area contributed by atoms with Crippen LogP contribution in [0.25, 0.3) is 5.69 Å². The van der Waals surface area contributed by atoms with Crippen LogP contribution in [0.15, 0.2) is 41.3 Å². The van der Waals surface area contributed by atoms with Gasteiger partial charge >= 0.3 is 0 Å². The lowest BCUT2D eigenvalue weighted by atomic mass is 10.1. The number of aromatic nitrogens is 3. The first kappa shape index (κ1) is 17.5. The Morgan fingerprint density at radius 2 is 1.90 bits per heavy atom. The third-order valence-corrected chi connectivity index (χ3v) is 5.36. The summed E-state index contributed by atoms with van der Waals surface area (Å²) in [6, 6.07) is 9.05. The number of carbonyl (C=O) groups is 1. The zero-order valence-corrected chi connectivity index (χ0v) is 16.2. The van der Waals surface area contributed by atoms with Crippen LogP contribution in [0.2, 0.25) is 0 Å². The summed E-state index contributed by atoms with van der Waals surface area (Å²) in [4.78, 5) is 28.2. The summed E-state index contributed by atoms with van der Waals surface area (Å²) in [6.45, 7) is 5.47. The number of hydrogen-bond acceptors (Lipinski definition) is 5. The second-order valence-electron chi connectivity index (χ2n) is 7.31. The molecule has 0 aliphatic carbocycles. The SMILES string of the molecule is Cc1cc2n(n1)CCN(C(=O)c1c(C)ccn(-c3ccc4c(c3)OCO4)c1=O)C2. The van der Waals surface area contributed by atoms with Crippen LogP contribution in [0.4, 0.5) is 0 Å². The largest absolute Gasteiger partial charge is 0.454 e. The Morgan fingerprint density at radius 1 is 1.07 bits per heavy atom. The van der Waals surface area contributed by atoms with Crippen molar-refractivity contribution in [2.75, 3.05) is 13.3 Å². The molecule has 0 saturated carbocycles. The van der Waals surface area contributed by atoms with Crippen LogP contribution in [0.5, 0.6) is 11.5 Å². The molecule has 2 aliphatic rings. The van der Waals surface area contributed by atoms with E-state index < -0.39 is 0 Å². The molecule has 5 rings (SSSR count). The molecule has 29 heavy (non-hydrogen) atoms. The molecule has 8 heteroatoms. The molecule has 0 fully saturated rings. The van der Waals surface area contributed by atoms with Crippen molar-refractivity contribution in [3.8, 4) is 17.2 Å². The summed E-state index contributed by atoms with van der Waals surface area (Å²) in [5.41, 5.74) is 3.04. The zero-order valence-electron chi connectivity index (χ0n) is 16.2. The molecule has 0 bridgehead atoms. The van der Waals surface area contributed by atoms with Crippen LogP contribution in [0, 0.1) is 13.8 Å². The number of amides is 1. The monoisotopic (exact) mass is 392 g/mol. The molecule has 148 valence electrons. The quantitative estimate of drug-likeness (QED) is 0.667. The minimum atomic E-state index is -0.343. The van der Waals surface area contributed by atoms with Crippen LogP contribution in [0.1, 0.15) is 27.3 Å². The fourth-order valence-electron chi connectivity index (χ4n) is 3.87. The van der Waals surface area contributed by atoms with E-state index in [9.17, 15) is 9.59 Å². The zero-order chi connectivity index (χ0) is 20.1. The lowest BCUT2D eigenvalue weighted by Crippen LogP contribution is -2.41. The van der Waals surface area contributed by atoms with Gasteiger partial charge in [0.05, 0.1) is 30.2 Å². The van der Waals surface area contributed by atoms with Crippen LogP contribution in [0.3, 0.4) is 0 Å². The Labute approximate surface area is 166 Å². The lowest BCUT2D eigenvalue weighted by molar-refractivity contribution is 0.0703. The minimum Gasteiger partial charge on any atom is -0.454 e. The Kier molecular flexibility index (Phi) is 3.94. The van der Waals surface area contributed by atoms with Crippen molar-refractivity contribution >= 4 is 5.91 Å². The summed E-state index contributed by atoms with van der Waals surface area (Å²) in [5.74, 6) is 0.973. The number of fused-ring (bicyclic) bond motifs is 2. The summed E-state index contributed by atoms with van der Waals surface area (Å²) in [5, 5.41) is 4.43. The first-order valence-corrected chi connectivity index (χ1v) is 9.46. The van der Waals surface area contributed by atoms with Gasteiger partial charge < -0.3 is 14.4 Å². The van der Waals surface area contributed by atoms with Gasteiger partial charge in [0.15, 0.2) is 11.5 Å². The molecule has 2 aromatic heterocycles. The van der Waals surface area contributed by atoms with Crippen molar-refractivity contribution < 1.29 is 14.3 Å². The second-order valence-corrected chi connectivity index (χ2v) is 7.31. The molecule has 0 atom stereocenters. The van der Waals surface area contributed by atoms with E-state index in [0.717, 1.165) is 11.4 Å². The summed E-state index contributed by atoms with van der Waals surface area (Å²) >= 11 is 0. The number of ether oxygens (including phenoxy) is 2. The highest BCUT2D eigenvalue weighted by atomic mass is 16.7. The first-order chi connectivity index (χ1) is 14.0. The molecular formula is C21H20N4O4. The maximum absolute atomic E-state index is 13.3. The van der Waals surface area contributed by atoms with Crippen LogP contribution in [-0.2, 0) is 13.1 Å². The predicted octanol–water partition coefficient (Wildman–Crippen LogP) is 2.04. The molecule has 3 aromatic rings. The minimum absolute atomic E-state index is 0.163. The van der Waals surface area contributed by atoms with Gasteiger partial charge in [0.1, 0.15) is 5.56 Å². The van der Waals surface area contributed by atoms with Crippen LogP contribution in [-0.4, -0.2) is 38.5 Å². The van der Waals surface area contributed by atoms with Gasteiger partial charge in [0.25, 0.3) is 11.5 Å². The molecule has 2 aliphatic heterocycles. The molecule has 8 nitrogen and oxygen atoms in total. The number of carbonyl (C=O) groups excluding carboxylic acids is 1. The summed E-state index contributed by atoms with van der Waals surface area (Å²) < 4.78 is 14.1. The molecule has 0 unspecified atom stereocenters. The number of aryl methyl sites for hydroxylation is 2. The highest BCUT2D eigenvalue weighted by Gasteiger charge is 2.27. The van der Waals surface area contributed by atoms with Crippen molar-refractivity contribution in [3.05, 3.63) is 69.4 Å². The Balaban J connectivity index is 1.51. The summed E-state index contributed by atoms with van der Waals surface area (Å²) in [7, 11) is 0. The average Bonchev–Trinajstić information content (AvgIpc) is 3.31. The lowest BCUT2D eigenvalue weighted by Gasteiger charge is -2.28. The van der Waals surface area contributed by atoms with Gasteiger partial charge in [0, 0.05) is 18.8 Å². The third-order valence-electron chi connectivity index (χ3n) is 5.36. The summed E-state index contributed by atoms with van der Waals surface area (Å²) in [6.07, 6.45) is 1.68. The van der Waals surface area contributed by atoms with E-state index in [1.807, 2.05) is 17.7 Å². The molecular weight excluding hydrogens is 372 g/mol. The highest BCUT2D eigenvalue weighted by molar-refractivity contribution is 5.95. The molecule has 1 amide bonds. The second kappa shape index (κ2) is 6.51. The molecule has 0 N–H and O–H groups in total. The predicted molar refractivity (Wildman–Crippen MR) is 105 cm³/mol. The van der Waals surface area contributed by atoms with Gasteiger partial charge in [-0.1, -0.05) is 0 Å². The number of hydrogen-bond donors (Lipinski definition) is 0. The number of nitrogens with zero attached hydrogens (tertiary/aromatic N) is 4. The van der Waals surface area contributed by atoms with Crippen molar-refractivity contribution in [2.45, 2.75) is 26.9 Å². The molecule has 0 spiro atoms. The fourth-order valence-corrected chi connectivity index (χ4v) is 3.87. The topological polar surface area (TPSA) is 78.6 Å². The molecule has 4 heterocycles. The van der Waals surface area contributed by atoms with Gasteiger partial charge in [-0.3, -0.25) is 18.8 Å². The van der Waals surface area contributed by atoms with E-state index in [4.69, 9.17) is 9.47 Å². The fraction of sp³-hybridized carbons (Fsp3) is 0.286. The van der Waals surface area contributed by atoms with Gasteiger partial charge in [-0.15, -0.1) is 0 Å². The van der Waals surface area contributed by atoms with Gasteiger partial charge in [-0.25, -0.2) is 0 Å². The van der Waals surface area contributed by atoms with E-state index in [-0.39, 0.29) is 23.8 Å². The maximum Gasteiger partial charge on any atom is 0.268 e. The Bertz CT molecular complexity index is 1190. The number of pyridine rings is 1. The molecule has 0 saturated heterocycles. The van der Waals surface area contributed by atoms with Crippen LogP contribution >= 0.6 is 0 Å². The number of benzene rings is 1. The van der Waals surface area contributed by atoms with Crippen LogP contribution < -0.4 is 15.0 Å². The normalized spacial score (nSPS) is 14.8. The van der Waals surface area contributed by atoms with Gasteiger partial charge in [-0.2, -0.15) is 5.10 Å². The van der Waals surface area contributed by atoms with Crippen molar-refractivity contribution in [3.63, 3.8) is 0 Å². The van der Waals surface area contributed by atoms with Gasteiger partial charge in [0.2, 0.25) is 6.79 Å². The Morgan fingerprint density at radius 3 is 2.76 bits per heavy atom. The first-order valence-electron chi connectivity index (χ1n) is 9.46. The standard InChI is InChI=1S/C21H20N4O4/c1-13-5-6-24(15-3-4-17-18(10-15)29-12-28-17)21(27)19(13)20(26)23-7-8-25-16(11-23)9-14(2)22-25/h3-6,9-10H,7-8,11-12H2,1-2H3. The van der Waals surface area contributed by atoms with E-state index >= 15 is 0 Å². The van der Waals surface area contributed by atoms with E-state index in [1.165, 1.54) is 4.57 Å². The average molecular weight is 392 g/mol. The van der Waals surface area contributed by atoms with E-state index in [1.54, 1.807) is 42.3 Å². The maximum atomic E-state index is 13.3. The number of rotatable bonds is 2. The molecule has 0 radical (unpaired) electrons. The van der Waals surface area contributed by atoms with Crippen molar-refractivity contribution in [1.29, 1.82) is 0 Å². The van der Waals surface area contributed by atoms with E-state index in [0.29, 0.717) is 42.4 Å². The van der Waals surface area contributed by atoms with Crippen molar-refractivity contribution in [1.82, 2.24) is 19.2 Å². The van der Waals surface area contributed by atoms with E-state index in [2.05, 4.69) is 5.10 Å². The highest BCUT2D eigenvalue weighted by Crippen LogP contribution is 2.33. The smallest absolute Gasteiger partial charge is 0.268 e. The third kappa shape index (κ3) is 2.88.